The predicted molar refractivity (Wildman–Crippen MR) is 83.1 cm³/mol. The van der Waals surface area contributed by atoms with Crippen LogP contribution in [0.3, 0.4) is 0 Å². The number of methoxy groups -OCH3 is 1. The fourth-order valence-electron chi connectivity index (χ4n) is 1.81. The van der Waals surface area contributed by atoms with Gasteiger partial charge in [0.25, 0.3) is 0 Å². The Kier molecular flexibility index (Phi) is 6.51. The number of nitrogens with zero attached hydrogens (tertiary/aromatic N) is 1. The molecule has 1 aromatic rings. The molecule has 22 heavy (non-hydrogen) atoms. The van der Waals surface area contributed by atoms with Crippen molar-refractivity contribution in [1.82, 2.24) is 4.31 Å². The van der Waals surface area contributed by atoms with E-state index < -0.39 is 21.9 Å². The Hall–Kier alpha value is -1.93. The number of carbonyl (C=O) groups is 2. The fraction of sp³-hybridized carbons (Fsp3) is 0.429. The van der Waals surface area contributed by atoms with E-state index in [9.17, 15) is 18.0 Å². The standard InChI is InChI=1S/C14H20N2O5S/c1-4-8-16(22(3,19)20)10-13(17)15-12-7-5-6-11(9-12)14(18)21-2/h5-7,9H,4,8,10H2,1-3H3,(H,15,17). The van der Waals surface area contributed by atoms with Crippen molar-refractivity contribution >= 4 is 27.6 Å². The molecule has 0 fully saturated rings. The second-order valence-electron chi connectivity index (χ2n) is 4.72. The second kappa shape index (κ2) is 7.90. The Morgan fingerprint density at radius 1 is 1.32 bits per heavy atom. The molecular formula is C14H20N2O5S. The molecule has 1 amide bonds. The van der Waals surface area contributed by atoms with Gasteiger partial charge in [0.05, 0.1) is 25.5 Å². The molecule has 0 aliphatic carbocycles. The minimum Gasteiger partial charge on any atom is -0.465 e. The van der Waals surface area contributed by atoms with Gasteiger partial charge in [-0.25, -0.2) is 13.2 Å². The first-order chi connectivity index (χ1) is 10.3. The molecule has 1 rings (SSSR count). The van der Waals surface area contributed by atoms with Crippen LogP contribution in [0.25, 0.3) is 0 Å². The van der Waals surface area contributed by atoms with E-state index in [1.54, 1.807) is 18.2 Å². The van der Waals surface area contributed by atoms with Crippen molar-refractivity contribution in [2.24, 2.45) is 0 Å². The summed E-state index contributed by atoms with van der Waals surface area (Å²) >= 11 is 0. The topological polar surface area (TPSA) is 92.8 Å². The average Bonchev–Trinajstić information content (AvgIpc) is 2.45. The molecule has 0 saturated heterocycles. The number of benzene rings is 1. The maximum Gasteiger partial charge on any atom is 0.337 e. The molecule has 0 radical (unpaired) electrons. The van der Waals surface area contributed by atoms with Crippen LogP contribution in [0.2, 0.25) is 0 Å². The number of hydrogen-bond acceptors (Lipinski definition) is 5. The Balaban J connectivity index is 2.78. The van der Waals surface area contributed by atoms with Gasteiger partial charge in [0.1, 0.15) is 0 Å². The van der Waals surface area contributed by atoms with Gasteiger partial charge in [-0.2, -0.15) is 4.31 Å². The van der Waals surface area contributed by atoms with Gasteiger partial charge in [0.15, 0.2) is 0 Å². The molecule has 8 heteroatoms. The maximum absolute atomic E-state index is 12.0. The maximum atomic E-state index is 12.0. The van der Waals surface area contributed by atoms with Gasteiger partial charge in [-0.1, -0.05) is 13.0 Å². The highest BCUT2D eigenvalue weighted by Crippen LogP contribution is 2.12. The first kappa shape index (κ1) is 18.1. The zero-order valence-electron chi connectivity index (χ0n) is 12.8. The third-order valence-corrected chi connectivity index (χ3v) is 4.08. The van der Waals surface area contributed by atoms with Gasteiger partial charge in [-0.05, 0) is 24.6 Å². The summed E-state index contributed by atoms with van der Waals surface area (Å²) in [6.45, 7) is 1.83. The number of amides is 1. The summed E-state index contributed by atoms with van der Waals surface area (Å²) in [5.41, 5.74) is 0.701. The van der Waals surface area contributed by atoms with E-state index in [4.69, 9.17) is 0 Å². The highest BCUT2D eigenvalue weighted by atomic mass is 32.2. The molecule has 0 aliphatic heterocycles. The SMILES string of the molecule is CCCN(CC(=O)Nc1cccc(C(=O)OC)c1)S(C)(=O)=O. The minimum absolute atomic E-state index is 0.269. The van der Waals surface area contributed by atoms with Gasteiger partial charge in [-0.3, -0.25) is 4.79 Å². The van der Waals surface area contributed by atoms with E-state index >= 15 is 0 Å². The van der Waals surface area contributed by atoms with Gasteiger partial charge >= 0.3 is 5.97 Å². The number of carbonyl (C=O) groups excluding carboxylic acids is 2. The molecule has 0 saturated carbocycles. The summed E-state index contributed by atoms with van der Waals surface area (Å²) in [4.78, 5) is 23.4. The van der Waals surface area contributed by atoms with Crippen LogP contribution in [0.1, 0.15) is 23.7 Å². The number of esters is 1. The zero-order chi connectivity index (χ0) is 16.8. The van der Waals surface area contributed by atoms with Crippen molar-refractivity contribution in [3.05, 3.63) is 29.8 Å². The summed E-state index contributed by atoms with van der Waals surface area (Å²) in [6, 6.07) is 6.23. The quantitative estimate of drug-likeness (QED) is 0.756. The number of nitrogens with one attached hydrogen (secondary N) is 1. The lowest BCUT2D eigenvalue weighted by molar-refractivity contribution is -0.116. The highest BCUT2D eigenvalue weighted by molar-refractivity contribution is 7.88. The number of hydrogen-bond donors (Lipinski definition) is 1. The first-order valence-electron chi connectivity index (χ1n) is 6.71. The lowest BCUT2D eigenvalue weighted by atomic mass is 10.2. The zero-order valence-corrected chi connectivity index (χ0v) is 13.6. The van der Waals surface area contributed by atoms with Crippen LogP contribution in [0.15, 0.2) is 24.3 Å². The van der Waals surface area contributed by atoms with Crippen LogP contribution < -0.4 is 5.32 Å². The Labute approximate surface area is 130 Å². The highest BCUT2D eigenvalue weighted by Gasteiger charge is 2.19. The van der Waals surface area contributed by atoms with Gasteiger partial charge in [0, 0.05) is 12.2 Å². The summed E-state index contributed by atoms with van der Waals surface area (Å²) in [5.74, 6) is -0.985. The number of ether oxygens (including phenoxy) is 1. The minimum atomic E-state index is -3.44. The Morgan fingerprint density at radius 2 is 2.00 bits per heavy atom. The van der Waals surface area contributed by atoms with E-state index in [0.717, 1.165) is 10.6 Å². The van der Waals surface area contributed by atoms with Gasteiger partial charge in [0.2, 0.25) is 15.9 Å². The third-order valence-electron chi connectivity index (χ3n) is 2.83. The summed E-state index contributed by atoms with van der Waals surface area (Å²) < 4.78 is 28.9. The molecule has 0 bridgehead atoms. The predicted octanol–water partition coefficient (Wildman–Crippen LogP) is 1.08. The molecule has 0 spiro atoms. The molecule has 7 nitrogen and oxygen atoms in total. The van der Waals surface area contributed by atoms with Crippen molar-refractivity contribution in [1.29, 1.82) is 0 Å². The monoisotopic (exact) mass is 328 g/mol. The van der Waals surface area contributed by atoms with Crippen LogP contribution in [-0.2, 0) is 19.6 Å². The second-order valence-corrected chi connectivity index (χ2v) is 6.70. The largest absolute Gasteiger partial charge is 0.465 e. The number of anilines is 1. The van der Waals surface area contributed by atoms with E-state index in [-0.39, 0.29) is 13.1 Å². The summed E-state index contributed by atoms with van der Waals surface area (Å²) in [5, 5.41) is 2.57. The number of rotatable bonds is 7. The Morgan fingerprint density at radius 3 is 2.55 bits per heavy atom. The molecule has 0 unspecified atom stereocenters. The van der Waals surface area contributed by atoms with E-state index in [1.807, 2.05) is 6.92 Å². The molecular weight excluding hydrogens is 308 g/mol. The van der Waals surface area contributed by atoms with Crippen LogP contribution >= 0.6 is 0 Å². The van der Waals surface area contributed by atoms with Crippen LogP contribution in [0.5, 0.6) is 0 Å². The fourth-order valence-corrected chi connectivity index (χ4v) is 2.68. The molecule has 122 valence electrons. The normalized spacial score (nSPS) is 11.3. The van der Waals surface area contributed by atoms with E-state index in [2.05, 4.69) is 10.1 Å². The molecule has 1 N–H and O–H groups in total. The van der Waals surface area contributed by atoms with Gasteiger partial charge < -0.3 is 10.1 Å². The molecule has 1 aromatic carbocycles. The van der Waals surface area contributed by atoms with Crippen molar-refractivity contribution < 1.29 is 22.7 Å². The van der Waals surface area contributed by atoms with Gasteiger partial charge in [-0.15, -0.1) is 0 Å². The lowest BCUT2D eigenvalue weighted by Crippen LogP contribution is -2.37. The van der Waals surface area contributed by atoms with E-state index in [1.165, 1.54) is 13.2 Å². The third kappa shape index (κ3) is 5.45. The first-order valence-corrected chi connectivity index (χ1v) is 8.56. The Bertz CT molecular complexity index is 642. The molecule has 0 aliphatic rings. The van der Waals surface area contributed by atoms with Crippen molar-refractivity contribution in [3.8, 4) is 0 Å². The van der Waals surface area contributed by atoms with Crippen LogP contribution in [-0.4, -0.2) is 51.1 Å². The molecule has 0 atom stereocenters. The molecule has 0 aromatic heterocycles. The van der Waals surface area contributed by atoms with Crippen molar-refractivity contribution in [2.45, 2.75) is 13.3 Å². The lowest BCUT2D eigenvalue weighted by Gasteiger charge is -2.18. The van der Waals surface area contributed by atoms with Crippen molar-refractivity contribution in [3.63, 3.8) is 0 Å². The summed E-state index contributed by atoms with van der Waals surface area (Å²) in [6.07, 6.45) is 1.67. The molecule has 0 heterocycles. The average molecular weight is 328 g/mol. The van der Waals surface area contributed by atoms with Crippen LogP contribution in [0, 0.1) is 0 Å². The summed E-state index contributed by atoms with van der Waals surface area (Å²) in [7, 11) is -2.18. The number of sulfonamides is 1. The smallest absolute Gasteiger partial charge is 0.337 e. The van der Waals surface area contributed by atoms with E-state index in [0.29, 0.717) is 17.7 Å². The van der Waals surface area contributed by atoms with Crippen molar-refractivity contribution in [2.75, 3.05) is 31.8 Å². The van der Waals surface area contributed by atoms with Crippen LogP contribution in [0.4, 0.5) is 5.69 Å².